The van der Waals surface area contributed by atoms with E-state index in [4.69, 9.17) is 22.1 Å². The largest absolute Gasteiger partial charge is 0.495 e. The van der Waals surface area contributed by atoms with Crippen molar-refractivity contribution in [2.24, 2.45) is 5.73 Å². The fourth-order valence-electron chi connectivity index (χ4n) is 2.67. The number of nitrogens with two attached hydrogens (primary N) is 1. The van der Waals surface area contributed by atoms with Gasteiger partial charge in [0.1, 0.15) is 10.6 Å². The van der Waals surface area contributed by atoms with Crippen molar-refractivity contribution >= 4 is 21.6 Å². The summed E-state index contributed by atoms with van der Waals surface area (Å²) in [7, 11) is -0.556. The smallest absolute Gasteiger partial charge is 0.246 e. The molecule has 1 aromatic rings. The van der Waals surface area contributed by atoms with Crippen molar-refractivity contribution in [3.8, 4) is 5.75 Å². The Balaban J connectivity index is 2.29. The van der Waals surface area contributed by atoms with Crippen molar-refractivity contribution in [3.05, 3.63) is 23.2 Å². The standard InChI is InChI=1S/C14H21ClN2O3S/c1-17(12-6-4-11(16)5-7-12)21(18,19)14-8-3-10(15)9-13(14)20-2/h3,8-9,11-12H,4-7,16H2,1-2H3. The molecule has 118 valence electrons. The van der Waals surface area contributed by atoms with Crippen LogP contribution in [-0.4, -0.2) is 39.0 Å². The van der Waals surface area contributed by atoms with Gasteiger partial charge in [0.2, 0.25) is 10.0 Å². The summed E-state index contributed by atoms with van der Waals surface area (Å²) in [6.45, 7) is 0. The van der Waals surface area contributed by atoms with Crippen molar-refractivity contribution in [3.63, 3.8) is 0 Å². The first kappa shape index (κ1) is 16.5. The van der Waals surface area contributed by atoms with Crippen LogP contribution in [0.25, 0.3) is 0 Å². The van der Waals surface area contributed by atoms with E-state index in [2.05, 4.69) is 0 Å². The molecule has 0 aromatic heterocycles. The number of halogens is 1. The van der Waals surface area contributed by atoms with E-state index in [-0.39, 0.29) is 22.7 Å². The maximum atomic E-state index is 12.8. The van der Waals surface area contributed by atoms with Gasteiger partial charge in [-0.1, -0.05) is 11.6 Å². The van der Waals surface area contributed by atoms with Crippen molar-refractivity contribution < 1.29 is 13.2 Å². The Morgan fingerprint density at radius 2 is 1.90 bits per heavy atom. The SMILES string of the molecule is COc1cc(Cl)ccc1S(=O)(=O)N(C)C1CCC(N)CC1. The third kappa shape index (κ3) is 3.51. The van der Waals surface area contributed by atoms with E-state index in [1.165, 1.54) is 23.5 Å². The summed E-state index contributed by atoms with van der Waals surface area (Å²) in [4.78, 5) is 0.145. The Morgan fingerprint density at radius 1 is 1.29 bits per heavy atom. The molecular weight excluding hydrogens is 312 g/mol. The molecule has 1 aliphatic carbocycles. The third-order valence-corrected chi connectivity index (χ3v) is 6.22. The number of hydrogen-bond acceptors (Lipinski definition) is 4. The van der Waals surface area contributed by atoms with Gasteiger partial charge in [0.05, 0.1) is 7.11 Å². The van der Waals surface area contributed by atoms with E-state index in [1.807, 2.05) is 0 Å². The average Bonchev–Trinajstić information content (AvgIpc) is 2.46. The molecule has 0 unspecified atom stereocenters. The first-order valence-corrected chi connectivity index (χ1v) is 8.75. The number of methoxy groups -OCH3 is 1. The molecule has 0 amide bonds. The van der Waals surface area contributed by atoms with Crippen LogP contribution in [-0.2, 0) is 10.0 Å². The van der Waals surface area contributed by atoms with E-state index in [0.29, 0.717) is 5.02 Å². The van der Waals surface area contributed by atoms with Crippen molar-refractivity contribution in [2.45, 2.75) is 42.7 Å². The zero-order valence-electron chi connectivity index (χ0n) is 12.3. The maximum absolute atomic E-state index is 12.8. The molecule has 0 bridgehead atoms. The third-order valence-electron chi connectivity index (χ3n) is 4.04. The minimum absolute atomic E-state index is 0.0183. The van der Waals surface area contributed by atoms with Gasteiger partial charge in [-0.15, -0.1) is 0 Å². The van der Waals surface area contributed by atoms with Gasteiger partial charge < -0.3 is 10.5 Å². The highest BCUT2D eigenvalue weighted by Gasteiger charge is 2.32. The second-order valence-electron chi connectivity index (χ2n) is 5.39. The summed E-state index contributed by atoms with van der Waals surface area (Å²) in [6.07, 6.45) is 3.27. The number of hydrogen-bond donors (Lipinski definition) is 1. The molecule has 21 heavy (non-hydrogen) atoms. The molecule has 2 rings (SSSR count). The lowest BCUT2D eigenvalue weighted by atomic mass is 9.92. The van der Waals surface area contributed by atoms with Crippen LogP contribution >= 0.6 is 11.6 Å². The highest BCUT2D eigenvalue weighted by molar-refractivity contribution is 7.89. The Morgan fingerprint density at radius 3 is 2.48 bits per heavy atom. The van der Waals surface area contributed by atoms with Gasteiger partial charge >= 0.3 is 0 Å². The number of rotatable bonds is 4. The number of benzene rings is 1. The molecule has 0 spiro atoms. The normalized spacial score (nSPS) is 23.3. The van der Waals surface area contributed by atoms with Gasteiger partial charge in [-0.2, -0.15) is 4.31 Å². The summed E-state index contributed by atoms with van der Waals surface area (Å²) in [5.41, 5.74) is 5.88. The van der Waals surface area contributed by atoms with Crippen LogP contribution in [0.15, 0.2) is 23.1 Å². The van der Waals surface area contributed by atoms with Gasteiger partial charge in [-0.3, -0.25) is 0 Å². The minimum Gasteiger partial charge on any atom is -0.495 e. The molecule has 2 N–H and O–H groups in total. The molecule has 0 radical (unpaired) electrons. The van der Waals surface area contributed by atoms with Crippen molar-refractivity contribution in [2.75, 3.05) is 14.2 Å². The Labute approximate surface area is 131 Å². The number of ether oxygens (including phenoxy) is 1. The fourth-order valence-corrected chi connectivity index (χ4v) is 4.38. The number of nitrogens with zero attached hydrogens (tertiary/aromatic N) is 1. The van der Waals surface area contributed by atoms with Crippen molar-refractivity contribution in [1.29, 1.82) is 0 Å². The summed E-state index contributed by atoms with van der Waals surface area (Å²) in [6, 6.07) is 4.72. The van der Waals surface area contributed by atoms with E-state index < -0.39 is 10.0 Å². The second-order valence-corrected chi connectivity index (χ2v) is 7.79. The van der Waals surface area contributed by atoms with Gasteiger partial charge in [-0.25, -0.2) is 8.42 Å². The summed E-state index contributed by atoms with van der Waals surface area (Å²) in [5, 5.41) is 0.442. The zero-order chi connectivity index (χ0) is 15.6. The Kier molecular flexibility index (Phi) is 5.14. The predicted octanol–water partition coefficient (Wildman–Crippen LogP) is 2.24. The lowest BCUT2D eigenvalue weighted by Crippen LogP contribution is -2.41. The predicted molar refractivity (Wildman–Crippen MR) is 83.2 cm³/mol. The highest BCUT2D eigenvalue weighted by Crippen LogP contribution is 2.32. The molecule has 1 aromatic carbocycles. The molecular formula is C14H21ClN2O3S. The molecule has 1 aliphatic rings. The highest BCUT2D eigenvalue weighted by atomic mass is 35.5. The first-order valence-electron chi connectivity index (χ1n) is 6.93. The second kappa shape index (κ2) is 6.52. The Bertz CT molecular complexity index is 598. The fraction of sp³-hybridized carbons (Fsp3) is 0.571. The van der Waals surface area contributed by atoms with E-state index in [0.717, 1.165) is 25.7 Å². The molecule has 0 heterocycles. The lowest BCUT2D eigenvalue weighted by molar-refractivity contribution is 0.268. The van der Waals surface area contributed by atoms with Gasteiger partial charge in [0.25, 0.3) is 0 Å². The van der Waals surface area contributed by atoms with E-state index in [1.54, 1.807) is 13.1 Å². The monoisotopic (exact) mass is 332 g/mol. The molecule has 1 fully saturated rings. The average molecular weight is 333 g/mol. The van der Waals surface area contributed by atoms with E-state index >= 15 is 0 Å². The topological polar surface area (TPSA) is 72.6 Å². The van der Waals surface area contributed by atoms with Crippen LogP contribution in [0.2, 0.25) is 5.02 Å². The van der Waals surface area contributed by atoms with Crippen molar-refractivity contribution in [1.82, 2.24) is 4.31 Å². The van der Waals surface area contributed by atoms with E-state index in [9.17, 15) is 8.42 Å². The lowest BCUT2D eigenvalue weighted by Gasteiger charge is -2.33. The van der Waals surface area contributed by atoms with Crippen LogP contribution in [0, 0.1) is 0 Å². The summed E-state index contributed by atoms with van der Waals surface area (Å²) < 4.78 is 32.1. The molecule has 1 saturated carbocycles. The van der Waals surface area contributed by atoms with Crippen LogP contribution in [0.4, 0.5) is 0 Å². The summed E-state index contributed by atoms with van der Waals surface area (Å²) in [5.74, 6) is 0.266. The Hall–Kier alpha value is -0.820. The van der Waals surface area contributed by atoms with Crippen LogP contribution < -0.4 is 10.5 Å². The molecule has 0 aliphatic heterocycles. The van der Waals surface area contributed by atoms with Gasteiger partial charge in [0.15, 0.2) is 0 Å². The van der Waals surface area contributed by atoms with Gasteiger partial charge in [0, 0.05) is 30.2 Å². The minimum atomic E-state index is -3.61. The van der Waals surface area contributed by atoms with Crippen LogP contribution in [0.5, 0.6) is 5.75 Å². The van der Waals surface area contributed by atoms with Gasteiger partial charge in [-0.05, 0) is 37.8 Å². The summed E-state index contributed by atoms with van der Waals surface area (Å²) >= 11 is 5.89. The zero-order valence-corrected chi connectivity index (χ0v) is 13.8. The molecule has 0 saturated heterocycles. The molecule has 7 heteroatoms. The number of sulfonamides is 1. The van der Waals surface area contributed by atoms with Crippen LogP contribution in [0.3, 0.4) is 0 Å². The molecule has 0 atom stereocenters. The molecule has 5 nitrogen and oxygen atoms in total. The first-order chi connectivity index (χ1) is 9.86. The quantitative estimate of drug-likeness (QED) is 0.917. The van der Waals surface area contributed by atoms with Crippen LogP contribution in [0.1, 0.15) is 25.7 Å². The maximum Gasteiger partial charge on any atom is 0.246 e.